The van der Waals surface area contributed by atoms with Crippen molar-refractivity contribution in [2.24, 2.45) is 16.0 Å². The van der Waals surface area contributed by atoms with E-state index >= 15 is 0 Å². The minimum Gasteiger partial charge on any atom is -0.392 e. The van der Waals surface area contributed by atoms with Crippen molar-refractivity contribution in [2.45, 2.75) is 13.3 Å². The van der Waals surface area contributed by atoms with Crippen LogP contribution in [-0.2, 0) is 11.2 Å². The van der Waals surface area contributed by atoms with E-state index in [4.69, 9.17) is 5.73 Å². The van der Waals surface area contributed by atoms with Gasteiger partial charge in [-0.2, -0.15) is 0 Å². The Balaban J connectivity index is 2.39. The summed E-state index contributed by atoms with van der Waals surface area (Å²) in [6.45, 7) is 2.08. The summed E-state index contributed by atoms with van der Waals surface area (Å²) in [5.74, 6) is -0.454. The van der Waals surface area contributed by atoms with Crippen LogP contribution in [-0.4, -0.2) is 5.91 Å². The zero-order valence-corrected chi connectivity index (χ0v) is 8.40. The third-order valence-corrected chi connectivity index (χ3v) is 2.36. The Morgan fingerprint density at radius 2 is 1.87 bits per heavy atom. The van der Waals surface area contributed by atoms with Crippen LogP contribution < -0.4 is 5.73 Å². The van der Waals surface area contributed by atoms with Crippen LogP contribution in [0.15, 0.2) is 40.2 Å². The second-order valence-corrected chi connectivity index (χ2v) is 3.32. The number of nitrogens with zero attached hydrogens (tertiary/aromatic N) is 2. The fraction of sp³-hybridized carbons (Fsp3) is 0.182. The molecule has 2 rings (SSSR count). The number of aryl methyl sites for hydroxylation is 1. The van der Waals surface area contributed by atoms with Gasteiger partial charge in [0, 0.05) is 5.56 Å². The molecule has 1 aliphatic heterocycles. The van der Waals surface area contributed by atoms with Gasteiger partial charge in [-0.3, -0.25) is 4.79 Å². The molecule has 0 saturated carbocycles. The van der Waals surface area contributed by atoms with E-state index < -0.39 is 5.91 Å². The van der Waals surface area contributed by atoms with Crippen molar-refractivity contribution >= 4 is 11.6 Å². The van der Waals surface area contributed by atoms with E-state index in [-0.39, 0.29) is 5.70 Å². The largest absolute Gasteiger partial charge is 0.392 e. The zero-order chi connectivity index (χ0) is 10.8. The molecule has 0 aliphatic carbocycles. The molecule has 0 unspecified atom stereocenters. The third-order valence-electron chi connectivity index (χ3n) is 2.36. The summed E-state index contributed by atoms with van der Waals surface area (Å²) in [6, 6.07) is 7.79. The fourth-order valence-electron chi connectivity index (χ4n) is 1.42. The number of carbonyl (C=O) groups is 1. The Labute approximate surface area is 87.5 Å². The second-order valence-electron chi connectivity index (χ2n) is 3.32. The second kappa shape index (κ2) is 3.65. The molecule has 4 heteroatoms. The summed E-state index contributed by atoms with van der Waals surface area (Å²) in [5, 5.41) is 7.16. The van der Waals surface area contributed by atoms with Crippen LogP contribution in [0.25, 0.3) is 5.70 Å². The maximum atomic E-state index is 11.0. The molecule has 4 nitrogen and oxygen atoms in total. The average molecular weight is 201 g/mol. The first kappa shape index (κ1) is 9.58. The van der Waals surface area contributed by atoms with Gasteiger partial charge in [0.1, 0.15) is 11.4 Å². The molecule has 1 aromatic carbocycles. The van der Waals surface area contributed by atoms with Crippen molar-refractivity contribution in [1.82, 2.24) is 0 Å². The van der Waals surface area contributed by atoms with E-state index in [2.05, 4.69) is 17.2 Å². The van der Waals surface area contributed by atoms with Crippen LogP contribution in [0.5, 0.6) is 0 Å². The summed E-state index contributed by atoms with van der Waals surface area (Å²) in [7, 11) is 0. The van der Waals surface area contributed by atoms with Crippen LogP contribution in [0.4, 0.5) is 0 Å². The van der Waals surface area contributed by atoms with E-state index in [0.717, 1.165) is 12.0 Å². The lowest BCUT2D eigenvalue weighted by Crippen LogP contribution is -2.06. The van der Waals surface area contributed by atoms with Gasteiger partial charge in [0.15, 0.2) is 0 Å². The summed E-state index contributed by atoms with van der Waals surface area (Å²) in [6.07, 6.45) is 0.981. The van der Waals surface area contributed by atoms with Gasteiger partial charge in [-0.25, -0.2) is 0 Å². The molecule has 1 amide bonds. The molecule has 0 saturated heterocycles. The number of hydrogen-bond acceptors (Lipinski definition) is 3. The molecule has 2 N–H and O–H groups in total. The summed E-state index contributed by atoms with van der Waals surface area (Å²) < 4.78 is 0. The zero-order valence-electron chi connectivity index (χ0n) is 8.40. The number of rotatable bonds is 2. The van der Waals surface area contributed by atoms with Crippen molar-refractivity contribution in [2.75, 3.05) is 0 Å². The van der Waals surface area contributed by atoms with Gasteiger partial charge in [0.2, 0.25) is 0 Å². The molecule has 0 fully saturated rings. The van der Waals surface area contributed by atoms with Gasteiger partial charge in [-0.1, -0.05) is 31.2 Å². The lowest BCUT2D eigenvalue weighted by atomic mass is 10.1. The Morgan fingerprint density at radius 1 is 1.20 bits per heavy atom. The van der Waals surface area contributed by atoms with Crippen molar-refractivity contribution in [3.63, 3.8) is 0 Å². The minimum absolute atomic E-state index is 0.124. The molecule has 0 aromatic heterocycles. The molecule has 0 atom stereocenters. The number of amides is 1. The van der Waals surface area contributed by atoms with Gasteiger partial charge < -0.3 is 5.73 Å². The SMILES string of the molecule is CCc1ccc(C2=C(N)C(=O)N=N2)cc1. The quantitative estimate of drug-likeness (QED) is 0.793. The topological polar surface area (TPSA) is 67.8 Å². The van der Waals surface area contributed by atoms with Gasteiger partial charge in [0.25, 0.3) is 0 Å². The van der Waals surface area contributed by atoms with E-state index in [9.17, 15) is 4.79 Å². The Hall–Kier alpha value is -1.97. The van der Waals surface area contributed by atoms with Crippen LogP contribution in [0.1, 0.15) is 18.1 Å². The van der Waals surface area contributed by atoms with Crippen LogP contribution in [0, 0.1) is 0 Å². The molecule has 1 aliphatic rings. The number of carbonyl (C=O) groups excluding carboxylic acids is 1. The first-order valence-electron chi connectivity index (χ1n) is 4.77. The highest BCUT2D eigenvalue weighted by molar-refractivity contribution is 6.03. The standard InChI is InChI=1S/C11H11N3O/c1-2-7-3-5-8(6-4-7)10-9(12)11(15)14-13-10/h3-6H,2H2,1H3,(H2,12,14,15). The van der Waals surface area contributed by atoms with Crippen molar-refractivity contribution < 1.29 is 4.79 Å². The molecule has 0 bridgehead atoms. The highest BCUT2D eigenvalue weighted by atomic mass is 16.2. The average Bonchev–Trinajstić information content (AvgIpc) is 2.60. The third kappa shape index (κ3) is 1.66. The first-order chi connectivity index (χ1) is 7.22. The lowest BCUT2D eigenvalue weighted by molar-refractivity contribution is -0.114. The van der Waals surface area contributed by atoms with E-state index in [1.54, 1.807) is 0 Å². The van der Waals surface area contributed by atoms with Crippen molar-refractivity contribution in [3.8, 4) is 0 Å². The smallest absolute Gasteiger partial charge is 0.313 e. The summed E-state index contributed by atoms with van der Waals surface area (Å²) in [5.41, 5.74) is 8.23. The van der Waals surface area contributed by atoms with Crippen molar-refractivity contribution in [1.29, 1.82) is 0 Å². The van der Waals surface area contributed by atoms with Crippen LogP contribution >= 0.6 is 0 Å². The molecule has 76 valence electrons. The Bertz CT molecular complexity index is 457. The molecule has 0 spiro atoms. The summed E-state index contributed by atoms with van der Waals surface area (Å²) in [4.78, 5) is 11.0. The molecule has 1 aromatic rings. The molecular weight excluding hydrogens is 190 g/mol. The minimum atomic E-state index is -0.454. The van der Waals surface area contributed by atoms with Crippen LogP contribution in [0.2, 0.25) is 0 Å². The highest BCUT2D eigenvalue weighted by Crippen LogP contribution is 2.24. The number of azo groups is 1. The van der Waals surface area contributed by atoms with Crippen molar-refractivity contribution in [3.05, 3.63) is 41.1 Å². The van der Waals surface area contributed by atoms with E-state index in [1.807, 2.05) is 24.3 Å². The normalized spacial score (nSPS) is 15.1. The molecule has 1 heterocycles. The maximum absolute atomic E-state index is 11.0. The number of nitrogens with two attached hydrogens (primary N) is 1. The van der Waals surface area contributed by atoms with Gasteiger partial charge >= 0.3 is 5.91 Å². The predicted octanol–water partition coefficient (Wildman–Crippen LogP) is 1.87. The number of hydrogen-bond donors (Lipinski definition) is 1. The number of benzene rings is 1. The lowest BCUT2D eigenvalue weighted by Gasteiger charge is -2.00. The molecular formula is C11H11N3O. The molecule has 15 heavy (non-hydrogen) atoms. The summed E-state index contributed by atoms with van der Waals surface area (Å²) >= 11 is 0. The Morgan fingerprint density at radius 3 is 2.33 bits per heavy atom. The highest BCUT2D eigenvalue weighted by Gasteiger charge is 2.18. The van der Waals surface area contributed by atoms with Gasteiger partial charge in [-0.15, -0.1) is 10.2 Å². The van der Waals surface area contributed by atoms with Crippen LogP contribution in [0.3, 0.4) is 0 Å². The monoisotopic (exact) mass is 201 g/mol. The fourth-order valence-corrected chi connectivity index (χ4v) is 1.42. The van der Waals surface area contributed by atoms with Gasteiger partial charge in [-0.05, 0) is 12.0 Å². The predicted molar refractivity (Wildman–Crippen MR) is 56.8 cm³/mol. The molecule has 0 radical (unpaired) electrons. The van der Waals surface area contributed by atoms with Gasteiger partial charge in [0.05, 0.1) is 0 Å². The maximum Gasteiger partial charge on any atom is 0.313 e. The van der Waals surface area contributed by atoms with E-state index in [1.165, 1.54) is 5.56 Å². The Kier molecular flexibility index (Phi) is 2.33. The first-order valence-corrected chi connectivity index (χ1v) is 4.77. The van der Waals surface area contributed by atoms with E-state index in [0.29, 0.717) is 5.70 Å².